The molecule has 1 aliphatic rings. The predicted octanol–water partition coefficient (Wildman–Crippen LogP) is 5.57. The quantitative estimate of drug-likeness (QED) is 0.517. The van der Waals surface area contributed by atoms with Crippen molar-refractivity contribution >= 4 is 46.6 Å². The summed E-state index contributed by atoms with van der Waals surface area (Å²) in [6.07, 6.45) is 2.25. The number of anilines is 1. The second-order valence-corrected chi connectivity index (χ2v) is 8.81. The zero-order valence-corrected chi connectivity index (χ0v) is 17.4. The fourth-order valence-electron chi connectivity index (χ4n) is 2.82. The number of carbonyl (C=O) groups is 1. The van der Waals surface area contributed by atoms with Crippen molar-refractivity contribution in [2.24, 2.45) is 0 Å². The molecule has 1 aliphatic carbocycles. The van der Waals surface area contributed by atoms with Crippen LogP contribution in [0, 0.1) is 0 Å². The van der Waals surface area contributed by atoms with Crippen LogP contribution in [0.1, 0.15) is 31.5 Å². The fraction of sp³-hybridized carbons (Fsp3) is 0.250. The molecule has 1 saturated carbocycles. The number of halogens is 2. The summed E-state index contributed by atoms with van der Waals surface area (Å²) < 4.78 is 2.05. The summed E-state index contributed by atoms with van der Waals surface area (Å²) in [6, 6.07) is 15.0. The number of nitrogens with zero attached hydrogens (tertiary/aromatic N) is 3. The van der Waals surface area contributed by atoms with Gasteiger partial charge in [-0.15, -0.1) is 10.2 Å². The summed E-state index contributed by atoms with van der Waals surface area (Å²) in [5, 5.41) is 12.9. The zero-order chi connectivity index (χ0) is 19.7. The Bertz CT molecular complexity index is 1000. The van der Waals surface area contributed by atoms with Crippen molar-refractivity contribution in [3.8, 4) is 5.69 Å². The molecule has 1 heterocycles. The third-order valence-electron chi connectivity index (χ3n) is 4.45. The number of hydrogen-bond donors (Lipinski definition) is 1. The van der Waals surface area contributed by atoms with Crippen LogP contribution in [-0.2, 0) is 4.79 Å². The van der Waals surface area contributed by atoms with E-state index >= 15 is 0 Å². The van der Waals surface area contributed by atoms with Crippen LogP contribution in [0.5, 0.6) is 0 Å². The molecule has 3 aromatic rings. The third kappa shape index (κ3) is 4.19. The molecule has 0 aliphatic heterocycles. The Labute approximate surface area is 177 Å². The van der Waals surface area contributed by atoms with Gasteiger partial charge < -0.3 is 5.32 Å². The van der Waals surface area contributed by atoms with Crippen LogP contribution in [0.4, 0.5) is 5.69 Å². The number of amides is 1. The highest BCUT2D eigenvalue weighted by Crippen LogP contribution is 2.41. The molecule has 1 fully saturated rings. The summed E-state index contributed by atoms with van der Waals surface area (Å²) in [5.41, 5.74) is 1.50. The van der Waals surface area contributed by atoms with Gasteiger partial charge in [-0.25, -0.2) is 0 Å². The van der Waals surface area contributed by atoms with Crippen molar-refractivity contribution in [2.75, 3.05) is 5.32 Å². The molecule has 0 radical (unpaired) electrons. The van der Waals surface area contributed by atoms with E-state index in [2.05, 4.69) is 20.1 Å². The molecule has 28 heavy (non-hydrogen) atoms. The molecular formula is C20H18Cl2N4OS. The van der Waals surface area contributed by atoms with E-state index in [-0.39, 0.29) is 5.91 Å². The van der Waals surface area contributed by atoms with Crippen molar-refractivity contribution in [2.45, 2.75) is 36.1 Å². The van der Waals surface area contributed by atoms with E-state index in [0.29, 0.717) is 26.8 Å². The summed E-state index contributed by atoms with van der Waals surface area (Å²) in [7, 11) is 0. The molecule has 1 N–H and O–H groups in total. The minimum Gasteiger partial charge on any atom is -0.324 e. The number of rotatable bonds is 6. The summed E-state index contributed by atoms with van der Waals surface area (Å²) >= 11 is 13.5. The fourth-order valence-corrected chi connectivity index (χ4v) is 4.03. The average molecular weight is 433 g/mol. The summed E-state index contributed by atoms with van der Waals surface area (Å²) in [4.78, 5) is 12.7. The Kier molecular flexibility index (Phi) is 5.62. The van der Waals surface area contributed by atoms with E-state index in [0.717, 1.165) is 24.4 Å². The number of para-hydroxylation sites is 1. The summed E-state index contributed by atoms with van der Waals surface area (Å²) in [6.45, 7) is 1.83. The van der Waals surface area contributed by atoms with E-state index in [1.54, 1.807) is 18.2 Å². The average Bonchev–Trinajstić information content (AvgIpc) is 3.46. The predicted molar refractivity (Wildman–Crippen MR) is 114 cm³/mol. The van der Waals surface area contributed by atoms with Crippen LogP contribution in [0.3, 0.4) is 0 Å². The Morgan fingerprint density at radius 1 is 1.18 bits per heavy atom. The van der Waals surface area contributed by atoms with E-state index in [4.69, 9.17) is 23.2 Å². The molecule has 1 atom stereocenters. The lowest BCUT2D eigenvalue weighted by molar-refractivity contribution is -0.115. The number of hydrogen-bond acceptors (Lipinski definition) is 4. The Hall–Kier alpha value is -2.02. The highest BCUT2D eigenvalue weighted by atomic mass is 35.5. The largest absolute Gasteiger partial charge is 0.324 e. The first-order valence-corrected chi connectivity index (χ1v) is 10.6. The molecule has 144 valence electrons. The maximum atomic E-state index is 12.7. The number of thioether (sulfide) groups is 1. The Balaban J connectivity index is 1.55. The van der Waals surface area contributed by atoms with Crippen molar-refractivity contribution in [3.05, 3.63) is 64.4 Å². The first kappa shape index (κ1) is 19.3. The maximum absolute atomic E-state index is 12.7. The molecule has 0 unspecified atom stereocenters. The molecule has 1 amide bonds. The monoisotopic (exact) mass is 432 g/mol. The molecule has 2 aromatic carbocycles. The normalized spacial score (nSPS) is 14.7. The van der Waals surface area contributed by atoms with Crippen LogP contribution in [0.25, 0.3) is 5.69 Å². The van der Waals surface area contributed by atoms with Gasteiger partial charge in [0, 0.05) is 16.6 Å². The van der Waals surface area contributed by atoms with Gasteiger partial charge in [0.25, 0.3) is 0 Å². The van der Waals surface area contributed by atoms with Crippen LogP contribution in [0.15, 0.2) is 53.7 Å². The lowest BCUT2D eigenvalue weighted by Gasteiger charge is -2.14. The van der Waals surface area contributed by atoms with E-state index in [1.807, 2.05) is 37.3 Å². The summed E-state index contributed by atoms with van der Waals surface area (Å²) in [5.74, 6) is 1.22. The number of nitrogens with one attached hydrogen (secondary N) is 1. The van der Waals surface area contributed by atoms with Gasteiger partial charge in [-0.3, -0.25) is 9.36 Å². The molecule has 4 rings (SSSR count). The van der Waals surface area contributed by atoms with Crippen molar-refractivity contribution < 1.29 is 4.79 Å². The van der Waals surface area contributed by atoms with Gasteiger partial charge in [0.15, 0.2) is 5.16 Å². The van der Waals surface area contributed by atoms with Crippen molar-refractivity contribution in [1.29, 1.82) is 0 Å². The van der Waals surface area contributed by atoms with Gasteiger partial charge in [0.1, 0.15) is 5.82 Å². The highest BCUT2D eigenvalue weighted by molar-refractivity contribution is 8.00. The maximum Gasteiger partial charge on any atom is 0.237 e. The van der Waals surface area contributed by atoms with E-state index in [9.17, 15) is 4.79 Å². The van der Waals surface area contributed by atoms with Gasteiger partial charge in [0.05, 0.1) is 16.0 Å². The van der Waals surface area contributed by atoms with Gasteiger partial charge >= 0.3 is 0 Å². The lowest BCUT2D eigenvalue weighted by Crippen LogP contribution is -2.23. The molecule has 0 saturated heterocycles. The Morgan fingerprint density at radius 2 is 1.93 bits per heavy atom. The SMILES string of the molecule is C[C@@H](Sc1nnc(C2CC2)n1-c1ccccc1)C(=O)Nc1cc(Cl)ccc1Cl. The van der Waals surface area contributed by atoms with Crippen LogP contribution >= 0.6 is 35.0 Å². The van der Waals surface area contributed by atoms with Gasteiger partial charge in [0.2, 0.25) is 5.91 Å². The molecule has 1 aromatic heterocycles. The number of benzene rings is 2. The van der Waals surface area contributed by atoms with E-state index in [1.165, 1.54) is 11.8 Å². The van der Waals surface area contributed by atoms with E-state index < -0.39 is 5.25 Å². The van der Waals surface area contributed by atoms with Crippen molar-refractivity contribution in [3.63, 3.8) is 0 Å². The minimum atomic E-state index is -0.395. The molecule has 5 nitrogen and oxygen atoms in total. The molecule has 0 bridgehead atoms. The second kappa shape index (κ2) is 8.15. The third-order valence-corrected chi connectivity index (χ3v) is 6.06. The lowest BCUT2D eigenvalue weighted by atomic mass is 10.3. The number of carbonyl (C=O) groups excluding carboxylic acids is 1. The van der Waals surface area contributed by atoms with Crippen LogP contribution < -0.4 is 5.32 Å². The topological polar surface area (TPSA) is 59.8 Å². The molecule has 8 heteroatoms. The van der Waals surface area contributed by atoms with Crippen molar-refractivity contribution in [1.82, 2.24) is 14.8 Å². The minimum absolute atomic E-state index is 0.176. The van der Waals surface area contributed by atoms with Crippen LogP contribution in [0.2, 0.25) is 10.0 Å². The molecule has 0 spiro atoms. The van der Waals surface area contributed by atoms with Gasteiger partial charge in [-0.05, 0) is 50.1 Å². The zero-order valence-electron chi connectivity index (χ0n) is 15.1. The first-order chi connectivity index (χ1) is 13.5. The first-order valence-electron chi connectivity index (χ1n) is 8.96. The Morgan fingerprint density at radius 3 is 2.64 bits per heavy atom. The smallest absolute Gasteiger partial charge is 0.237 e. The van der Waals surface area contributed by atoms with Crippen LogP contribution in [-0.4, -0.2) is 25.9 Å². The van der Waals surface area contributed by atoms with Gasteiger partial charge in [-0.2, -0.15) is 0 Å². The standard InChI is InChI=1S/C20H18Cl2N4OS/c1-12(19(27)23-17-11-14(21)9-10-16(17)22)28-20-25-24-18(13-7-8-13)26(20)15-5-3-2-4-6-15/h2-6,9-13H,7-8H2,1H3,(H,23,27)/t12-/m1/s1. The molecular weight excluding hydrogens is 415 g/mol. The highest BCUT2D eigenvalue weighted by Gasteiger charge is 2.32. The number of aromatic nitrogens is 3. The van der Waals surface area contributed by atoms with Gasteiger partial charge in [-0.1, -0.05) is 53.2 Å². The second-order valence-electron chi connectivity index (χ2n) is 6.66.